The zero-order valence-corrected chi connectivity index (χ0v) is 17.6. The Morgan fingerprint density at radius 3 is 2.90 bits per heavy atom. The first-order valence-corrected chi connectivity index (χ1v) is 10.4. The fourth-order valence-electron chi connectivity index (χ4n) is 3.18. The van der Waals surface area contributed by atoms with Crippen molar-refractivity contribution >= 4 is 51.0 Å². The van der Waals surface area contributed by atoms with Crippen molar-refractivity contribution in [2.24, 2.45) is 0 Å². The maximum atomic E-state index is 13.0. The van der Waals surface area contributed by atoms with Crippen LogP contribution in [-0.2, 0) is 11.3 Å². The molecule has 2 aromatic carbocycles. The molecule has 0 bridgehead atoms. The molecule has 0 spiro atoms. The standard InChI is InChI=1S/C23H17ClN2O3S/c1-29-23(28)18-13-17(24)8-6-15(18)4-2-10-26-11-3-5-20(26)22(27)16-7-9-19-21(12-16)30-14-25-19/h2-9,11-14H,10H2,1H3. The van der Waals surface area contributed by atoms with Gasteiger partial charge in [-0.25, -0.2) is 9.78 Å². The van der Waals surface area contributed by atoms with Crippen LogP contribution in [0.25, 0.3) is 16.3 Å². The molecule has 4 rings (SSSR count). The molecule has 0 N–H and O–H groups in total. The predicted octanol–water partition coefficient (Wildman–Crippen LogP) is 5.48. The summed E-state index contributed by atoms with van der Waals surface area (Å²) < 4.78 is 7.67. The minimum atomic E-state index is -0.451. The number of allylic oxidation sites excluding steroid dienone is 1. The lowest BCUT2D eigenvalue weighted by molar-refractivity contribution is 0.0600. The van der Waals surface area contributed by atoms with E-state index < -0.39 is 5.97 Å². The van der Waals surface area contributed by atoms with Gasteiger partial charge < -0.3 is 9.30 Å². The van der Waals surface area contributed by atoms with Crippen LogP contribution in [0.1, 0.15) is 32.0 Å². The molecule has 4 aromatic rings. The number of methoxy groups -OCH3 is 1. The number of ether oxygens (including phenoxy) is 1. The molecule has 0 aliphatic carbocycles. The number of hydrogen-bond acceptors (Lipinski definition) is 5. The second-order valence-electron chi connectivity index (χ2n) is 6.54. The Labute approximate surface area is 182 Å². The van der Waals surface area contributed by atoms with Gasteiger partial charge in [0.1, 0.15) is 0 Å². The van der Waals surface area contributed by atoms with Crippen LogP contribution >= 0.6 is 22.9 Å². The summed E-state index contributed by atoms with van der Waals surface area (Å²) in [6.07, 6.45) is 5.56. The van der Waals surface area contributed by atoms with Gasteiger partial charge in [0.05, 0.1) is 34.1 Å². The van der Waals surface area contributed by atoms with Gasteiger partial charge in [-0.15, -0.1) is 11.3 Å². The van der Waals surface area contributed by atoms with Crippen molar-refractivity contribution in [3.05, 3.63) is 93.7 Å². The van der Waals surface area contributed by atoms with E-state index in [0.29, 0.717) is 34.0 Å². The number of aromatic nitrogens is 2. The summed E-state index contributed by atoms with van der Waals surface area (Å²) in [5.74, 6) is -0.502. The van der Waals surface area contributed by atoms with E-state index in [1.54, 1.807) is 35.8 Å². The fourth-order valence-corrected chi connectivity index (χ4v) is 4.07. The number of fused-ring (bicyclic) bond motifs is 1. The van der Waals surface area contributed by atoms with E-state index >= 15 is 0 Å². The van der Waals surface area contributed by atoms with Gasteiger partial charge in [0.15, 0.2) is 0 Å². The highest BCUT2D eigenvalue weighted by Gasteiger charge is 2.14. The number of esters is 1. The number of halogens is 1. The van der Waals surface area contributed by atoms with Gasteiger partial charge in [-0.1, -0.05) is 29.8 Å². The third-order valence-corrected chi connectivity index (χ3v) is 5.70. The highest BCUT2D eigenvalue weighted by Crippen LogP contribution is 2.22. The van der Waals surface area contributed by atoms with Gasteiger partial charge in [-0.2, -0.15) is 0 Å². The summed E-state index contributed by atoms with van der Waals surface area (Å²) in [6, 6.07) is 14.2. The topological polar surface area (TPSA) is 61.2 Å². The average molecular weight is 437 g/mol. The van der Waals surface area contributed by atoms with Gasteiger partial charge in [-0.05, 0) is 48.0 Å². The monoisotopic (exact) mass is 436 g/mol. The van der Waals surface area contributed by atoms with Gasteiger partial charge >= 0.3 is 5.97 Å². The van der Waals surface area contributed by atoms with Crippen LogP contribution in [0.2, 0.25) is 5.02 Å². The van der Waals surface area contributed by atoms with Gasteiger partial charge in [0.2, 0.25) is 5.78 Å². The Bertz CT molecular complexity index is 1270. The Kier molecular flexibility index (Phi) is 5.79. The van der Waals surface area contributed by atoms with Crippen molar-refractivity contribution in [1.29, 1.82) is 0 Å². The summed E-state index contributed by atoms with van der Waals surface area (Å²) in [5, 5.41) is 0.462. The minimum absolute atomic E-state index is 0.0505. The molecule has 7 heteroatoms. The Morgan fingerprint density at radius 1 is 1.20 bits per heavy atom. The largest absolute Gasteiger partial charge is 0.465 e. The summed E-state index contributed by atoms with van der Waals surface area (Å²) in [4.78, 5) is 29.2. The summed E-state index contributed by atoms with van der Waals surface area (Å²) in [7, 11) is 1.33. The fraction of sp³-hybridized carbons (Fsp3) is 0.0870. The molecule has 0 unspecified atom stereocenters. The van der Waals surface area contributed by atoms with Crippen molar-refractivity contribution in [3.63, 3.8) is 0 Å². The van der Waals surface area contributed by atoms with Crippen LogP contribution < -0.4 is 0 Å². The number of carbonyl (C=O) groups excluding carboxylic acids is 2. The molecule has 0 aliphatic heterocycles. The lowest BCUT2D eigenvalue weighted by Crippen LogP contribution is -2.09. The Hall–Kier alpha value is -3.22. The number of thiazole rings is 1. The average Bonchev–Trinajstić information content (AvgIpc) is 3.42. The second kappa shape index (κ2) is 8.65. The normalized spacial score (nSPS) is 11.3. The van der Waals surface area contributed by atoms with E-state index in [0.717, 1.165) is 10.2 Å². The predicted molar refractivity (Wildman–Crippen MR) is 119 cm³/mol. The first-order valence-electron chi connectivity index (χ1n) is 9.14. The first-order chi connectivity index (χ1) is 14.6. The van der Waals surface area contributed by atoms with Crippen molar-refractivity contribution in [2.45, 2.75) is 6.54 Å². The van der Waals surface area contributed by atoms with Gasteiger partial charge in [0, 0.05) is 23.3 Å². The molecule has 0 amide bonds. The minimum Gasteiger partial charge on any atom is -0.465 e. The number of ketones is 1. The molecule has 0 aliphatic rings. The number of benzene rings is 2. The SMILES string of the molecule is COC(=O)c1cc(Cl)ccc1C=CCn1cccc1C(=O)c1ccc2ncsc2c1. The van der Waals surface area contributed by atoms with Crippen LogP contribution in [0.3, 0.4) is 0 Å². The molecule has 0 saturated heterocycles. The Balaban J connectivity index is 1.56. The summed E-state index contributed by atoms with van der Waals surface area (Å²) >= 11 is 7.51. The molecule has 0 saturated carbocycles. The zero-order valence-electron chi connectivity index (χ0n) is 16.0. The molecule has 2 heterocycles. The van der Waals surface area contributed by atoms with E-state index in [-0.39, 0.29) is 5.78 Å². The van der Waals surface area contributed by atoms with E-state index in [4.69, 9.17) is 16.3 Å². The highest BCUT2D eigenvalue weighted by atomic mass is 35.5. The van der Waals surface area contributed by atoms with Crippen LogP contribution in [0, 0.1) is 0 Å². The van der Waals surface area contributed by atoms with Crippen LogP contribution in [0.5, 0.6) is 0 Å². The second-order valence-corrected chi connectivity index (χ2v) is 7.86. The van der Waals surface area contributed by atoms with Crippen molar-refractivity contribution in [3.8, 4) is 0 Å². The lowest BCUT2D eigenvalue weighted by atomic mass is 10.1. The van der Waals surface area contributed by atoms with Gasteiger partial charge in [0.25, 0.3) is 0 Å². The quantitative estimate of drug-likeness (QED) is 0.296. The molecular weight excluding hydrogens is 420 g/mol. The lowest BCUT2D eigenvalue weighted by Gasteiger charge is -2.07. The maximum absolute atomic E-state index is 13.0. The van der Waals surface area contributed by atoms with E-state index in [1.165, 1.54) is 18.4 Å². The van der Waals surface area contributed by atoms with Crippen LogP contribution in [-0.4, -0.2) is 28.4 Å². The van der Waals surface area contributed by atoms with Crippen molar-refractivity contribution < 1.29 is 14.3 Å². The Morgan fingerprint density at radius 2 is 2.07 bits per heavy atom. The third kappa shape index (κ3) is 4.06. The van der Waals surface area contributed by atoms with Crippen LogP contribution in [0.4, 0.5) is 0 Å². The van der Waals surface area contributed by atoms with Gasteiger partial charge in [-0.3, -0.25) is 4.79 Å². The summed E-state index contributed by atoms with van der Waals surface area (Å²) in [6.45, 7) is 0.472. The number of carbonyl (C=O) groups is 2. The smallest absolute Gasteiger partial charge is 0.338 e. The zero-order chi connectivity index (χ0) is 21.1. The highest BCUT2D eigenvalue weighted by molar-refractivity contribution is 7.16. The molecule has 150 valence electrons. The molecule has 0 fully saturated rings. The van der Waals surface area contributed by atoms with Crippen LogP contribution in [0.15, 0.2) is 66.3 Å². The molecule has 0 radical (unpaired) electrons. The van der Waals surface area contributed by atoms with Crippen molar-refractivity contribution in [2.75, 3.05) is 7.11 Å². The number of rotatable bonds is 6. The maximum Gasteiger partial charge on any atom is 0.338 e. The van der Waals surface area contributed by atoms with E-state index in [9.17, 15) is 9.59 Å². The molecule has 0 atom stereocenters. The van der Waals surface area contributed by atoms with Crippen molar-refractivity contribution in [1.82, 2.24) is 9.55 Å². The molecule has 2 aromatic heterocycles. The van der Waals surface area contributed by atoms with E-state index in [1.807, 2.05) is 41.1 Å². The number of hydrogen-bond donors (Lipinski definition) is 0. The number of nitrogens with zero attached hydrogens (tertiary/aromatic N) is 2. The molecular formula is C23H17ClN2O3S. The summed E-state index contributed by atoms with van der Waals surface area (Å²) in [5.41, 5.74) is 4.96. The first kappa shape index (κ1) is 20.1. The molecule has 5 nitrogen and oxygen atoms in total. The third-order valence-electron chi connectivity index (χ3n) is 4.68. The molecule has 30 heavy (non-hydrogen) atoms. The van der Waals surface area contributed by atoms with E-state index in [2.05, 4.69) is 4.98 Å².